The van der Waals surface area contributed by atoms with Gasteiger partial charge < -0.3 is 9.73 Å². The van der Waals surface area contributed by atoms with Crippen LogP contribution in [0.15, 0.2) is 63.3 Å². The van der Waals surface area contributed by atoms with Gasteiger partial charge in [-0.2, -0.15) is 4.31 Å². The molecule has 0 unspecified atom stereocenters. The Morgan fingerprint density at radius 3 is 2.56 bits per heavy atom. The number of rotatable bonds is 7. The summed E-state index contributed by atoms with van der Waals surface area (Å²) < 4.78 is 32.6. The minimum absolute atomic E-state index is 0.230. The summed E-state index contributed by atoms with van der Waals surface area (Å²) in [6, 6.07) is 9.81. The van der Waals surface area contributed by atoms with Crippen LogP contribution in [0.2, 0.25) is 0 Å². The molecule has 1 saturated heterocycles. The molecule has 0 spiro atoms. The van der Waals surface area contributed by atoms with Gasteiger partial charge in [0.05, 0.1) is 15.7 Å². The fourth-order valence-corrected chi connectivity index (χ4v) is 5.48. The van der Waals surface area contributed by atoms with Crippen LogP contribution in [-0.4, -0.2) is 52.2 Å². The molecule has 32 heavy (non-hydrogen) atoms. The number of aromatic nitrogens is 3. The number of benzene rings is 1. The van der Waals surface area contributed by atoms with Crippen LogP contribution >= 0.6 is 11.8 Å². The first-order valence-corrected chi connectivity index (χ1v) is 12.6. The molecule has 1 N–H and O–H groups in total. The van der Waals surface area contributed by atoms with Crippen molar-refractivity contribution in [3.05, 3.63) is 48.8 Å². The molecular weight excluding hydrogens is 450 g/mol. The van der Waals surface area contributed by atoms with E-state index >= 15 is 0 Å². The molecule has 1 atom stereocenters. The van der Waals surface area contributed by atoms with Gasteiger partial charge in [-0.25, -0.2) is 8.42 Å². The average Bonchev–Trinajstić information content (AvgIpc) is 3.29. The number of piperidine rings is 1. The Kier molecular flexibility index (Phi) is 6.87. The molecule has 0 aliphatic carbocycles. The van der Waals surface area contributed by atoms with Gasteiger partial charge in [-0.1, -0.05) is 18.2 Å². The van der Waals surface area contributed by atoms with Crippen LogP contribution in [0.5, 0.6) is 0 Å². The Bertz CT molecular complexity index is 1160. The average molecular weight is 474 g/mol. The number of anilines is 1. The van der Waals surface area contributed by atoms with Crippen LogP contribution in [0.4, 0.5) is 5.69 Å². The first-order valence-electron chi connectivity index (χ1n) is 10.2. The summed E-state index contributed by atoms with van der Waals surface area (Å²) in [4.78, 5) is 16.8. The molecule has 1 aliphatic rings. The maximum absolute atomic E-state index is 12.7. The third-order valence-electron chi connectivity index (χ3n) is 5.04. The van der Waals surface area contributed by atoms with E-state index in [-0.39, 0.29) is 16.0 Å². The maximum Gasteiger partial charge on any atom is 0.277 e. The second-order valence-electron chi connectivity index (χ2n) is 7.35. The Labute approximate surface area is 190 Å². The number of pyridine rings is 1. The molecule has 4 rings (SSSR count). The Morgan fingerprint density at radius 2 is 1.88 bits per heavy atom. The SMILES string of the molecule is C[C@@H](Sc1nnc(-c2cccnc2)o1)C(=O)Nc1ccc(S(=O)(=O)N2CCCCC2)cc1. The van der Waals surface area contributed by atoms with Crippen molar-refractivity contribution >= 4 is 33.4 Å². The molecule has 1 aliphatic heterocycles. The lowest BCUT2D eigenvalue weighted by atomic mass is 10.2. The second kappa shape index (κ2) is 9.80. The minimum atomic E-state index is -3.50. The number of carbonyl (C=O) groups excluding carboxylic acids is 1. The summed E-state index contributed by atoms with van der Waals surface area (Å²) in [7, 11) is -3.50. The predicted molar refractivity (Wildman–Crippen MR) is 121 cm³/mol. The van der Waals surface area contributed by atoms with Gasteiger partial charge in [0.2, 0.25) is 21.8 Å². The van der Waals surface area contributed by atoms with Gasteiger partial charge in [0.15, 0.2) is 0 Å². The number of hydrogen-bond donors (Lipinski definition) is 1. The smallest absolute Gasteiger partial charge is 0.277 e. The van der Waals surface area contributed by atoms with E-state index in [0.29, 0.717) is 30.2 Å². The Hall–Kier alpha value is -2.76. The van der Waals surface area contributed by atoms with Crippen molar-refractivity contribution in [1.29, 1.82) is 0 Å². The predicted octanol–water partition coefficient (Wildman–Crippen LogP) is 3.43. The zero-order valence-electron chi connectivity index (χ0n) is 17.5. The summed E-state index contributed by atoms with van der Waals surface area (Å²) in [5, 5.41) is 10.5. The normalized spacial score (nSPS) is 15.9. The largest absolute Gasteiger partial charge is 0.411 e. The molecule has 3 heterocycles. The lowest BCUT2D eigenvalue weighted by molar-refractivity contribution is -0.115. The van der Waals surface area contributed by atoms with Crippen LogP contribution in [0.25, 0.3) is 11.5 Å². The van der Waals surface area contributed by atoms with Gasteiger partial charge in [0, 0.05) is 31.2 Å². The number of sulfonamides is 1. The van der Waals surface area contributed by atoms with E-state index in [9.17, 15) is 13.2 Å². The fraction of sp³-hybridized carbons (Fsp3) is 0.333. The summed E-state index contributed by atoms with van der Waals surface area (Å²) in [6.45, 7) is 2.82. The quantitative estimate of drug-likeness (QED) is 0.519. The number of nitrogens with zero attached hydrogens (tertiary/aromatic N) is 4. The van der Waals surface area contributed by atoms with E-state index in [2.05, 4.69) is 20.5 Å². The molecule has 11 heteroatoms. The highest BCUT2D eigenvalue weighted by molar-refractivity contribution is 8.00. The number of hydrogen-bond acceptors (Lipinski definition) is 8. The molecule has 168 valence electrons. The number of amides is 1. The first-order chi connectivity index (χ1) is 15.4. The van der Waals surface area contributed by atoms with Crippen molar-refractivity contribution in [2.24, 2.45) is 0 Å². The molecule has 0 saturated carbocycles. The third kappa shape index (κ3) is 5.17. The van der Waals surface area contributed by atoms with Crippen molar-refractivity contribution in [3.8, 4) is 11.5 Å². The van der Waals surface area contributed by atoms with Crippen LogP contribution in [0, 0.1) is 0 Å². The fourth-order valence-electron chi connectivity index (χ4n) is 3.28. The van der Waals surface area contributed by atoms with Crippen molar-refractivity contribution < 1.29 is 17.6 Å². The summed E-state index contributed by atoms with van der Waals surface area (Å²) in [5.74, 6) is 0.0708. The van der Waals surface area contributed by atoms with E-state index in [1.807, 2.05) is 0 Å². The highest BCUT2D eigenvalue weighted by atomic mass is 32.2. The summed E-state index contributed by atoms with van der Waals surface area (Å²) in [5.41, 5.74) is 1.21. The Morgan fingerprint density at radius 1 is 1.12 bits per heavy atom. The topological polar surface area (TPSA) is 118 Å². The molecule has 3 aromatic rings. The summed E-state index contributed by atoms with van der Waals surface area (Å²) in [6.07, 6.45) is 6.09. The van der Waals surface area contributed by atoms with Crippen LogP contribution < -0.4 is 5.32 Å². The first kappa shape index (κ1) is 22.4. The number of nitrogens with one attached hydrogen (secondary N) is 1. The Balaban J connectivity index is 1.36. The maximum atomic E-state index is 12.7. The van der Waals surface area contributed by atoms with Crippen molar-refractivity contribution in [2.75, 3.05) is 18.4 Å². The minimum Gasteiger partial charge on any atom is -0.411 e. The molecule has 1 amide bonds. The molecular formula is C21H23N5O4S2. The van der Waals surface area contributed by atoms with Gasteiger partial charge >= 0.3 is 0 Å². The molecule has 0 bridgehead atoms. The molecule has 1 fully saturated rings. The van der Waals surface area contributed by atoms with Crippen LogP contribution in [-0.2, 0) is 14.8 Å². The number of carbonyl (C=O) groups is 1. The van der Waals surface area contributed by atoms with Gasteiger partial charge in [0.1, 0.15) is 0 Å². The van der Waals surface area contributed by atoms with E-state index in [1.54, 1.807) is 43.6 Å². The lowest BCUT2D eigenvalue weighted by Gasteiger charge is -2.25. The van der Waals surface area contributed by atoms with E-state index in [4.69, 9.17) is 4.42 Å². The van der Waals surface area contributed by atoms with E-state index in [1.165, 1.54) is 16.4 Å². The molecule has 9 nitrogen and oxygen atoms in total. The van der Waals surface area contributed by atoms with Crippen molar-refractivity contribution in [2.45, 2.75) is 41.6 Å². The zero-order chi connectivity index (χ0) is 22.6. The second-order valence-corrected chi connectivity index (χ2v) is 10.6. The standard InChI is InChI=1S/C21H23N5O4S2/c1-15(31-21-25-24-20(30-21)16-6-5-11-22-14-16)19(27)23-17-7-9-18(10-8-17)32(28,29)26-12-3-2-4-13-26/h5-11,14-15H,2-4,12-13H2,1H3,(H,23,27)/t15-/m1/s1. The zero-order valence-corrected chi connectivity index (χ0v) is 19.1. The highest BCUT2D eigenvalue weighted by Gasteiger charge is 2.26. The van der Waals surface area contributed by atoms with Crippen molar-refractivity contribution in [3.63, 3.8) is 0 Å². The number of thioether (sulfide) groups is 1. The van der Waals surface area contributed by atoms with Crippen LogP contribution in [0.1, 0.15) is 26.2 Å². The van der Waals surface area contributed by atoms with E-state index < -0.39 is 15.3 Å². The lowest BCUT2D eigenvalue weighted by Crippen LogP contribution is -2.35. The molecule has 1 aromatic carbocycles. The van der Waals surface area contributed by atoms with Gasteiger partial charge in [-0.15, -0.1) is 10.2 Å². The van der Waals surface area contributed by atoms with Gasteiger partial charge in [-0.05, 0) is 56.2 Å². The molecule has 0 radical (unpaired) electrons. The van der Waals surface area contributed by atoms with E-state index in [0.717, 1.165) is 31.0 Å². The highest BCUT2D eigenvalue weighted by Crippen LogP contribution is 2.27. The van der Waals surface area contributed by atoms with Crippen LogP contribution in [0.3, 0.4) is 0 Å². The van der Waals surface area contributed by atoms with Gasteiger partial charge in [-0.3, -0.25) is 9.78 Å². The monoisotopic (exact) mass is 473 g/mol. The molecule has 2 aromatic heterocycles. The third-order valence-corrected chi connectivity index (χ3v) is 7.88. The summed E-state index contributed by atoms with van der Waals surface area (Å²) >= 11 is 1.14. The van der Waals surface area contributed by atoms with Gasteiger partial charge in [0.25, 0.3) is 5.22 Å². The van der Waals surface area contributed by atoms with Crippen molar-refractivity contribution in [1.82, 2.24) is 19.5 Å².